The smallest absolute Gasteiger partial charge is 0.180 e. The monoisotopic (exact) mass is 199 g/mol. The third kappa shape index (κ3) is 3.39. The molecule has 0 spiro atoms. The van der Waals surface area contributed by atoms with Crippen LogP contribution in [0, 0.1) is 0 Å². The Hall–Kier alpha value is -1.14. The van der Waals surface area contributed by atoms with E-state index in [0.29, 0.717) is 5.11 Å². The molecule has 0 aliphatic heterocycles. The first kappa shape index (κ1) is 9.94. The van der Waals surface area contributed by atoms with Gasteiger partial charge in [-0.3, -0.25) is 0 Å². The van der Waals surface area contributed by atoms with Crippen LogP contribution in [0.3, 0.4) is 0 Å². The van der Waals surface area contributed by atoms with E-state index in [4.69, 9.17) is 18.1 Å². The number of hydrazine groups is 1. The fraction of sp³-hybridized carbons (Fsp3) is 0.429. The number of nitrogens with zero attached hydrogens (tertiary/aromatic N) is 2. The first-order chi connectivity index (χ1) is 6.22. The van der Waals surface area contributed by atoms with Gasteiger partial charge in [0.15, 0.2) is 5.11 Å². The highest BCUT2D eigenvalue weighted by atomic mass is 32.1. The second-order valence-electron chi connectivity index (χ2n) is 2.78. The zero-order chi connectivity index (χ0) is 9.68. The fourth-order valence-corrected chi connectivity index (χ4v) is 1.22. The van der Waals surface area contributed by atoms with Gasteiger partial charge in [-0.05, 0) is 19.1 Å². The lowest BCUT2D eigenvalue weighted by atomic mass is 10.3. The van der Waals surface area contributed by atoms with Crippen molar-refractivity contribution >= 4 is 17.3 Å². The summed E-state index contributed by atoms with van der Waals surface area (Å²) in [4.78, 5) is 3.94. The molecule has 5 nitrogen and oxygen atoms in total. The first-order valence-electron chi connectivity index (χ1n) is 3.95. The maximum absolute atomic E-state index is 5.12. The standard InChI is InChI=1S/C7H13N5S/c1-6(10-7(13)11-8)4-12-3-2-9-5-12/h2-3,5-6H,4,8H2,1H3,(H2,10,11,13). The van der Waals surface area contributed by atoms with E-state index in [-0.39, 0.29) is 6.04 Å². The van der Waals surface area contributed by atoms with Crippen LogP contribution in [-0.4, -0.2) is 20.7 Å². The molecule has 0 saturated heterocycles. The van der Waals surface area contributed by atoms with Gasteiger partial charge in [-0.15, -0.1) is 0 Å². The number of hydrogen-bond donors (Lipinski definition) is 3. The highest BCUT2D eigenvalue weighted by molar-refractivity contribution is 7.80. The van der Waals surface area contributed by atoms with Gasteiger partial charge in [0.2, 0.25) is 0 Å². The minimum Gasteiger partial charge on any atom is -0.357 e. The molecule has 0 aliphatic rings. The number of imidazole rings is 1. The van der Waals surface area contributed by atoms with Crippen LogP contribution in [0.25, 0.3) is 0 Å². The number of nitrogens with two attached hydrogens (primary N) is 1. The third-order valence-electron chi connectivity index (χ3n) is 1.55. The van der Waals surface area contributed by atoms with E-state index in [1.54, 1.807) is 12.5 Å². The average molecular weight is 199 g/mol. The number of nitrogens with one attached hydrogen (secondary N) is 2. The van der Waals surface area contributed by atoms with E-state index < -0.39 is 0 Å². The minimum absolute atomic E-state index is 0.220. The Kier molecular flexibility index (Phi) is 3.66. The Balaban J connectivity index is 2.33. The molecule has 0 aromatic carbocycles. The van der Waals surface area contributed by atoms with Crippen LogP contribution >= 0.6 is 12.2 Å². The molecule has 1 heterocycles. The van der Waals surface area contributed by atoms with Crippen molar-refractivity contribution in [2.24, 2.45) is 5.84 Å². The minimum atomic E-state index is 0.220. The summed E-state index contributed by atoms with van der Waals surface area (Å²) in [5.41, 5.74) is 2.37. The van der Waals surface area contributed by atoms with E-state index in [0.717, 1.165) is 6.54 Å². The van der Waals surface area contributed by atoms with Crippen molar-refractivity contribution in [2.45, 2.75) is 19.5 Å². The molecule has 0 radical (unpaired) electrons. The van der Waals surface area contributed by atoms with Crippen LogP contribution in [0.2, 0.25) is 0 Å². The molecule has 72 valence electrons. The van der Waals surface area contributed by atoms with Crippen molar-refractivity contribution < 1.29 is 0 Å². The van der Waals surface area contributed by atoms with Gasteiger partial charge in [0.25, 0.3) is 0 Å². The van der Waals surface area contributed by atoms with E-state index in [1.807, 2.05) is 17.7 Å². The maximum atomic E-state index is 5.12. The summed E-state index contributed by atoms with van der Waals surface area (Å²) in [5.74, 6) is 5.12. The molecule has 1 unspecified atom stereocenters. The third-order valence-corrected chi connectivity index (χ3v) is 1.79. The second kappa shape index (κ2) is 4.78. The second-order valence-corrected chi connectivity index (χ2v) is 3.19. The Morgan fingerprint density at radius 2 is 2.54 bits per heavy atom. The summed E-state index contributed by atoms with van der Waals surface area (Å²) >= 11 is 4.86. The molecular formula is C7H13N5S. The molecular weight excluding hydrogens is 186 g/mol. The lowest BCUT2D eigenvalue weighted by Crippen LogP contribution is -2.45. The lowest BCUT2D eigenvalue weighted by Gasteiger charge is -2.15. The van der Waals surface area contributed by atoms with Crippen molar-refractivity contribution in [3.8, 4) is 0 Å². The van der Waals surface area contributed by atoms with E-state index >= 15 is 0 Å². The van der Waals surface area contributed by atoms with Gasteiger partial charge in [-0.1, -0.05) is 0 Å². The molecule has 0 aliphatic carbocycles. The van der Waals surface area contributed by atoms with Crippen LogP contribution in [0.4, 0.5) is 0 Å². The summed E-state index contributed by atoms with van der Waals surface area (Å²) in [6.07, 6.45) is 5.40. The zero-order valence-electron chi connectivity index (χ0n) is 7.40. The molecule has 1 atom stereocenters. The van der Waals surface area contributed by atoms with Crippen LogP contribution in [-0.2, 0) is 6.54 Å². The first-order valence-corrected chi connectivity index (χ1v) is 4.36. The summed E-state index contributed by atoms with van der Waals surface area (Å²) in [5, 5.41) is 3.47. The molecule has 0 fully saturated rings. The van der Waals surface area contributed by atoms with Crippen molar-refractivity contribution in [3.63, 3.8) is 0 Å². The van der Waals surface area contributed by atoms with Crippen LogP contribution in [0.5, 0.6) is 0 Å². The van der Waals surface area contributed by atoms with Gasteiger partial charge >= 0.3 is 0 Å². The van der Waals surface area contributed by atoms with E-state index in [1.165, 1.54) is 0 Å². The largest absolute Gasteiger partial charge is 0.357 e. The highest BCUT2D eigenvalue weighted by Gasteiger charge is 2.02. The molecule has 6 heteroatoms. The topological polar surface area (TPSA) is 67.9 Å². The molecule has 4 N–H and O–H groups in total. The van der Waals surface area contributed by atoms with Crippen molar-refractivity contribution in [1.29, 1.82) is 0 Å². The Labute approximate surface area is 82.3 Å². The van der Waals surface area contributed by atoms with Crippen LogP contribution in [0.15, 0.2) is 18.7 Å². The van der Waals surface area contributed by atoms with Crippen molar-refractivity contribution in [3.05, 3.63) is 18.7 Å². The predicted octanol–water partition coefficient (Wildman–Crippen LogP) is -0.391. The van der Waals surface area contributed by atoms with Gasteiger partial charge < -0.3 is 15.3 Å². The van der Waals surface area contributed by atoms with Gasteiger partial charge in [-0.2, -0.15) is 0 Å². The summed E-state index contributed by atoms with van der Waals surface area (Å²) in [7, 11) is 0. The molecule has 1 rings (SSSR count). The Bertz CT molecular complexity index is 258. The number of thiocarbonyl (C=S) groups is 1. The van der Waals surface area contributed by atoms with Gasteiger partial charge in [0.1, 0.15) is 0 Å². The quantitative estimate of drug-likeness (QED) is 0.351. The number of aromatic nitrogens is 2. The zero-order valence-corrected chi connectivity index (χ0v) is 8.21. The molecule has 13 heavy (non-hydrogen) atoms. The Morgan fingerprint density at radius 3 is 3.08 bits per heavy atom. The van der Waals surface area contributed by atoms with Crippen molar-refractivity contribution in [2.75, 3.05) is 0 Å². The lowest BCUT2D eigenvalue weighted by molar-refractivity contribution is 0.543. The molecule has 0 saturated carbocycles. The molecule has 1 aromatic heterocycles. The number of hydrogen-bond acceptors (Lipinski definition) is 3. The molecule has 1 aromatic rings. The normalized spacial score (nSPS) is 12.2. The summed E-state index contributed by atoms with van der Waals surface area (Å²) in [6.45, 7) is 2.82. The van der Waals surface area contributed by atoms with E-state index in [2.05, 4.69) is 15.7 Å². The van der Waals surface area contributed by atoms with Gasteiger partial charge in [-0.25, -0.2) is 10.8 Å². The van der Waals surface area contributed by atoms with Gasteiger partial charge in [0.05, 0.1) is 6.33 Å². The maximum Gasteiger partial charge on any atom is 0.180 e. The SMILES string of the molecule is CC(Cn1ccnc1)NC(=S)NN. The highest BCUT2D eigenvalue weighted by Crippen LogP contribution is 1.90. The van der Waals surface area contributed by atoms with Crippen molar-refractivity contribution in [1.82, 2.24) is 20.3 Å². The van der Waals surface area contributed by atoms with Gasteiger partial charge in [0, 0.05) is 25.0 Å². The van der Waals surface area contributed by atoms with E-state index in [9.17, 15) is 0 Å². The Morgan fingerprint density at radius 1 is 1.77 bits per heavy atom. The van der Waals surface area contributed by atoms with Crippen LogP contribution in [0.1, 0.15) is 6.92 Å². The fourth-order valence-electron chi connectivity index (χ4n) is 1.02. The summed E-state index contributed by atoms with van der Waals surface area (Å²) in [6, 6.07) is 0.220. The predicted molar refractivity (Wildman–Crippen MR) is 54.7 cm³/mol. The average Bonchev–Trinajstić information content (AvgIpc) is 2.56. The number of rotatable bonds is 3. The van der Waals surface area contributed by atoms with Crippen LogP contribution < -0.4 is 16.6 Å². The molecule has 0 bridgehead atoms. The summed E-state index contributed by atoms with van der Waals surface area (Å²) < 4.78 is 1.97. The molecule has 0 amide bonds.